The third kappa shape index (κ3) is 30.2. The molecule has 5 heterocycles. The van der Waals surface area contributed by atoms with Gasteiger partial charge in [-0.15, -0.1) is 32.9 Å². The Bertz CT molecular complexity index is 1450. The van der Waals surface area contributed by atoms with Gasteiger partial charge in [0.05, 0.1) is 58.3 Å². The van der Waals surface area contributed by atoms with E-state index in [0.717, 1.165) is 71.4 Å². The molecule has 6 aliphatic rings. The Kier molecular flexibility index (Phi) is 31.6. The summed E-state index contributed by atoms with van der Waals surface area (Å²) in [5, 5.41) is 0. The molecule has 16 heteroatoms. The molecule has 0 aromatic heterocycles. The van der Waals surface area contributed by atoms with E-state index >= 15 is 0 Å². The van der Waals surface area contributed by atoms with Crippen molar-refractivity contribution in [3.63, 3.8) is 0 Å². The second kappa shape index (κ2) is 35.4. The van der Waals surface area contributed by atoms with Gasteiger partial charge in [0.1, 0.15) is 49.8 Å². The number of epoxide rings is 3. The van der Waals surface area contributed by atoms with E-state index in [1.807, 2.05) is 0 Å². The van der Waals surface area contributed by atoms with Gasteiger partial charge in [-0.2, -0.15) is 0 Å². The Hall–Kier alpha value is -4.90. The lowest BCUT2D eigenvalue weighted by Crippen LogP contribution is -2.44. The Morgan fingerprint density at radius 3 is 1.78 bits per heavy atom. The van der Waals surface area contributed by atoms with E-state index in [4.69, 9.17) is 37.9 Å². The number of esters is 4. The molecular formula is C48H72O16. The van der Waals surface area contributed by atoms with Gasteiger partial charge in [0.15, 0.2) is 0 Å². The predicted octanol–water partition coefficient (Wildman–Crippen LogP) is 7.10. The first kappa shape index (κ1) is 57.1. The number of hydrogen-bond donors (Lipinski definition) is 0. The van der Waals surface area contributed by atoms with Crippen LogP contribution in [-0.2, 0) is 71.3 Å². The summed E-state index contributed by atoms with van der Waals surface area (Å²) in [5.74, 6) is -0.159. The Labute approximate surface area is 379 Å². The molecule has 0 amide bonds. The highest BCUT2D eigenvalue weighted by atomic mass is 16.7. The topological polar surface area (TPSA) is 205 Å². The fraction of sp³-hybridized carbons (Fsp3) is 0.625. The van der Waals surface area contributed by atoms with Crippen molar-refractivity contribution in [2.75, 3.05) is 72.7 Å². The maximum atomic E-state index is 11.4. The molecule has 16 nitrogen and oxygen atoms in total. The smallest absolute Gasteiger partial charge is 0.466 e. The highest BCUT2D eigenvalue weighted by Gasteiger charge is 2.41. The first-order valence-corrected chi connectivity index (χ1v) is 21.9. The molecule has 0 aromatic rings. The molecular weight excluding hydrogens is 833 g/mol. The van der Waals surface area contributed by atoms with E-state index in [9.17, 15) is 28.8 Å². The average molecular weight is 905 g/mol. The maximum Gasteiger partial charge on any atom is 0.508 e. The summed E-state index contributed by atoms with van der Waals surface area (Å²) in [6.07, 6.45) is 20.2. The number of Topliss-reactive ketones (excluding diaryl/α,β-unsaturated/α-hetero) is 1. The lowest BCUT2D eigenvalue weighted by molar-refractivity contribution is -0.164. The van der Waals surface area contributed by atoms with Gasteiger partial charge >= 0.3 is 30.0 Å². The van der Waals surface area contributed by atoms with Crippen LogP contribution in [0.25, 0.3) is 0 Å². The van der Waals surface area contributed by atoms with Crippen LogP contribution in [0.2, 0.25) is 0 Å². The zero-order valence-corrected chi connectivity index (χ0v) is 37.9. The molecule has 5 unspecified atom stereocenters. The average Bonchev–Trinajstić information content (AvgIpc) is 4.14. The molecule has 5 saturated heterocycles. The minimum atomic E-state index is -0.906. The monoisotopic (exact) mass is 904 g/mol. The van der Waals surface area contributed by atoms with Crippen molar-refractivity contribution in [3.05, 3.63) is 75.9 Å². The van der Waals surface area contributed by atoms with Crippen LogP contribution in [-0.4, -0.2) is 127 Å². The number of carbonyl (C=O) groups excluding carboxylic acids is 6. The van der Waals surface area contributed by atoms with E-state index in [1.165, 1.54) is 12.5 Å². The summed E-state index contributed by atoms with van der Waals surface area (Å²) in [6, 6.07) is 0. The molecule has 0 spiro atoms. The van der Waals surface area contributed by atoms with Gasteiger partial charge in [0, 0.05) is 31.6 Å². The van der Waals surface area contributed by atoms with Crippen molar-refractivity contribution in [1.82, 2.24) is 0 Å². The zero-order chi connectivity index (χ0) is 47.4. The quantitative estimate of drug-likeness (QED) is 0.0370. The Morgan fingerprint density at radius 2 is 1.28 bits per heavy atom. The van der Waals surface area contributed by atoms with E-state index in [1.54, 1.807) is 37.3 Å². The van der Waals surface area contributed by atoms with Crippen LogP contribution in [0.3, 0.4) is 0 Å². The van der Waals surface area contributed by atoms with E-state index in [2.05, 4.69) is 48.9 Å². The number of ketones is 1. The largest absolute Gasteiger partial charge is 0.508 e. The molecule has 5 aliphatic heterocycles. The summed E-state index contributed by atoms with van der Waals surface area (Å²) in [5.41, 5.74) is -0.906. The number of cyclic esters (lactones) is 3. The molecule has 6 fully saturated rings. The van der Waals surface area contributed by atoms with Crippen LogP contribution < -0.4 is 0 Å². The summed E-state index contributed by atoms with van der Waals surface area (Å²) in [6.45, 7) is 28.2. The van der Waals surface area contributed by atoms with Gasteiger partial charge in [0.25, 0.3) is 0 Å². The van der Waals surface area contributed by atoms with Crippen molar-refractivity contribution in [2.45, 2.75) is 102 Å². The zero-order valence-electron chi connectivity index (χ0n) is 37.9. The first-order chi connectivity index (χ1) is 30.9. The number of ether oxygens (including phenoxy) is 10. The molecule has 0 N–H and O–H groups in total. The highest BCUT2D eigenvalue weighted by molar-refractivity contribution is 5.83. The van der Waals surface area contributed by atoms with Crippen molar-refractivity contribution >= 4 is 35.8 Å². The summed E-state index contributed by atoms with van der Waals surface area (Å²) in [7, 11) is 0. The van der Waals surface area contributed by atoms with E-state index in [0.29, 0.717) is 70.1 Å². The molecule has 0 aromatic carbocycles. The fourth-order valence-electron chi connectivity index (χ4n) is 5.28. The number of allylic oxidation sites excluding steroid dienone is 4. The van der Waals surface area contributed by atoms with Crippen molar-refractivity contribution in [3.8, 4) is 0 Å². The highest BCUT2D eigenvalue weighted by Crippen LogP contribution is 2.24. The second-order valence-corrected chi connectivity index (χ2v) is 15.4. The van der Waals surface area contributed by atoms with Crippen LogP contribution in [0.4, 0.5) is 4.79 Å². The first-order valence-electron chi connectivity index (χ1n) is 21.9. The van der Waals surface area contributed by atoms with Crippen LogP contribution >= 0.6 is 0 Å². The van der Waals surface area contributed by atoms with Gasteiger partial charge in [-0.1, -0.05) is 49.5 Å². The van der Waals surface area contributed by atoms with Gasteiger partial charge in [-0.3, -0.25) is 24.0 Å². The Morgan fingerprint density at radius 1 is 0.688 bits per heavy atom. The number of rotatable bonds is 21. The molecule has 64 heavy (non-hydrogen) atoms. The van der Waals surface area contributed by atoms with Gasteiger partial charge < -0.3 is 47.4 Å². The van der Waals surface area contributed by atoms with Gasteiger partial charge in [0.2, 0.25) is 0 Å². The summed E-state index contributed by atoms with van der Waals surface area (Å²) >= 11 is 0. The van der Waals surface area contributed by atoms with Crippen LogP contribution in [0.15, 0.2) is 75.9 Å². The normalized spacial score (nSPS) is 22.6. The van der Waals surface area contributed by atoms with Gasteiger partial charge in [-0.25, -0.2) is 4.79 Å². The molecule has 5 atom stereocenters. The number of hydrogen-bond acceptors (Lipinski definition) is 16. The van der Waals surface area contributed by atoms with E-state index < -0.39 is 17.5 Å². The van der Waals surface area contributed by atoms with Crippen molar-refractivity contribution < 1.29 is 76.1 Å². The van der Waals surface area contributed by atoms with Crippen LogP contribution in [0.1, 0.15) is 84.0 Å². The van der Waals surface area contributed by atoms with E-state index in [-0.39, 0.29) is 55.7 Å². The lowest BCUT2D eigenvalue weighted by atomic mass is 9.88. The number of carbonyl (C=O) groups is 6. The fourth-order valence-corrected chi connectivity index (χ4v) is 5.28. The lowest BCUT2D eigenvalue weighted by Gasteiger charge is -2.29. The maximum absolute atomic E-state index is 11.4. The molecule has 1 saturated carbocycles. The predicted molar refractivity (Wildman–Crippen MR) is 238 cm³/mol. The summed E-state index contributed by atoms with van der Waals surface area (Å²) < 4.78 is 48.5. The SMILES string of the molecule is C=CC1CCCCC1=O.C=CCC1CCCOC1=O.C=CCCC(=O)OCC1CO1.C=CCCC(=O)OCCC1CO1.C=CCOC(=O)C1(C)COC(=O)OC1.C=CCOCC1CO1. The molecule has 360 valence electrons. The molecule has 0 bridgehead atoms. The Balaban J connectivity index is 0.000000387. The summed E-state index contributed by atoms with van der Waals surface area (Å²) in [4.78, 5) is 65.6. The van der Waals surface area contributed by atoms with Crippen molar-refractivity contribution in [1.29, 1.82) is 0 Å². The second-order valence-electron chi connectivity index (χ2n) is 15.4. The minimum absolute atomic E-state index is 0.0121. The van der Waals surface area contributed by atoms with Crippen LogP contribution in [0, 0.1) is 17.3 Å². The minimum Gasteiger partial charge on any atom is -0.466 e. The molecule has 6 rings (SSSR count). The van der Waals surface area contributed by atoms with Crippen LogP contribution in [0.5, 0.6) is 0 Å². The third-order valence-electron chi connectivity index (χ3n) is 9.44. The van der Waals surface area contributed by atoms with Gasteiger partial charge in [-0.05, 0) is 51.9 Å². The third-order valence-corrected chi connectivity index (χ3v) is 9.44. The molecule has 1 aliphatic carbocycles. The standard InChI is InChI=1S/C9H12O5.C9H14O3.C8H12O3.C8H12O2.C8H12O.C6H10O2/c1-3-4-12-7(10)9(2)5-13-8(11)14-6-9;1-2-3-4-9(10)11-6-5-8-7-12-8;1-2-3-4-8(9)11-6-7-5-10-7;1-2-4-7-5-3-6-10-8(7)9;1-2-7-5-3-4-6-8(7)9;1-2-3-7-4-6-5-8-6/h3H,1,4-6H2,2H3;2,8H,1,3-7H2;2,7H,1,3-6H2;2,7H,1,3-6H2;2,7H,1,3-6H2;2,6H,1,3-5H2. The molecule has 0 radical (unpaired) electrons. The van der Waals surface area contributed by atoms with Crippen molar-refractivity contribution in [2.24, 2.45) is 17.3 Å².